The van der Waals surface area contributed by atoms with Gasteiger partial charge in [0.25, 0.3) is 0 Å². The standard InChI is InChI=1S/C29H40N4O4/c34-27(21-22-11-12-22)32-26(29(35)36)15-18-33(19-20-37-25-9-2-1-3-10-25)17-5-4-8-24-14-13-23-7-6-16-30-28(23)31-24/h1-3,9-10,13-14,22,26H,4-8,11-12,15-21H2,(H,30,31)(H,32,34)(H,35,36). The zero-order valence-electron chi connectivity index (χ0n) is 21.7. The molecule has 37 heavy (non-hydrogen) atoms. The van der Waals surface area contributed by atoms with E-state index < -0.39 is 12.0 Å². The van der Waals surface area contributed by atoms with Crippen LogP contribution in [0.2, 0.25) is 0 Å². The number of fused-ring (bicyclic) bond motifs is 1. The van der Waals surface area contributed by atoms with Crippen molar-refractivity contribution in [3.8, 4) is 5.75 Å². The van der Waals surface area contributed by atoms with Gasteiger partial charge >= 0.3 is 5.97 Å². The second-order valence-electron chi connectivity index (χ2n) is 10.2. The van der Waals surface area contributed by atoms with E-state index in [1.807, 2.05) is 30.3 Å². The van der Waals surface area contributed by atoms with Crippen LogP contribution < -0.4 is 15.4 Å². The first-order valence-electron chi connectivity index (χ1n) is 13.7. The largest absolute Gasteiger partial charge is 0.492 e. The maximum Gasteiger partial charge on any atom is 0.326 e. The number of nitrogens with one attached hydrogen (secondary N) is 2. The summed E-state index contributed by atoms with van der Waals surface area (Å²) in [6.07, 6.45) is 8.08. The minimum absolute atomic E-state index is 0.152. The van der Waals surface area contributed by atoms with Crippen LogP contribution in [0.1, 0.15) is 56.2 Å². The first kappa shape index (κ1) is 26.9. The molecule has 2 heterocycles. The van der Waals surface area contributed by atoms with Crippen LogP contribution in [0.3, 0.4) is 0 Å². The van der Waals surface area contributed by atoms with Gasteiger partial charge in [0, 0.05) is 31.7 Å². The average molecular weight is 509 g/mol. The normalized spacial score (nSPS) is 15.5. The van der Waals surface area contributed by atoms with Crippen LogP contribution in [0.4, 0.5) is 5.82 Å². The summed E-state index contributed by atoms with van der Waals surface area (Å²) >= 11 is 0. The van der Waals surface area contributed by atoms with Crippen LogP contribution in [-0.2, 0) is 22.4 Å². The third-order valence-corrected chi connectivity index (χ3v) is 7.07. The van der Waals surface area contributed by atoms with Crippen molar-refractivity contribution in [3.05, 3.63) is 53.7 Å². The van der Waals surface area contributed by atoms with E-state index in [0.29, 0.717) is 38.5 Å². The van der Waals surface area contributed by atoms with E-state index in [1.54, 1.807) is 0 Å². The number of carboxylic acids is 1. The molecule has 1 saturated carbocycles. The molecule has 1 amide bonds. The smallest absolute Gasteiger partial charge is 0.326 e. The highest BCUT2D eigenvalue weighted by molar-refractivity contribution is 5.83. The Kier molecular flexibility index (Phi) is 10.2. The Morgan fingerprint density at radius 2 is 1.95 bits per heavy atom. The molecule has 2 aromatic rings. The number of pyridine rings is 1. The highest BCUT2D eigenvalue weighted by atomic mass is 16.5. The van der Waals surface area contributed by atoms with Crippen molar-refractivity contribution < 1.29 is 19.4 Å². The maximum atomic E-state index is 12.2. The van der Waals surface area contributed by atoms with Crippen molar-refractivity contribution in [2.24, 2.45) is 5.92 Å². The molecule has 1 unspecified atom stereocenters. The van der Waals surface area contributed by atoms with E-state index in [0.717, 1.165) is 75.3 Å². The Morgan fingerprint density at radius 1 is 1.11 bits per heavy atom. The monoisotopic (exact) mass is 508 g/mol. The number of aryl methyl sites for hydroxylation is 2. The van der Waals surface area contributed by atoms with E-state index >= 15 is 0 Å². The molecule has 3 N–H and O–H groups in total. The topological polar surface area (TPSA) is 104 Å². The van der Waals surface area contributed by atoms with Crippen molar-refractivity contribution in [3.63, 3.8) is 0 Å². The zero-order chi connectivity index (χ0) is 25.9. The van der Waals surface area contributed by atoms with E-state index in [-0.39, 0.29) is 5.91 Å². The Labute approximate surface area is 219 Å². The number of carbonyl (C=O) groups excluding carboxylic acids is 1. The number of carboxylic acid groups (broad SMARTS) is 1. The van der Waals surface area contributed by atoms with Gasteiger partial charge in [-0.05, 0) is 87.6 Å². The molecule has 4 rings (SSSR count). The number of rotatable bonds is 16. The molecule has 0 spiro atoms. The minimum Gasteiger partial charge on any atom is -0.492 e. The lowest BCUT2D eigenvalue weighted by Gasteiger charge is -2.24. The van der Waals surface area contributed by atoms with Crippen molar-refractivity contribution >= 4 is 17.7 Å². The molecule has 0 bridgehead atoms. The number of aromatic nitrogens is 1. The van der Waals surface area contributed by atoms with Crippen molar-refractivity contribution in [2.45, 2.75) is 63.8 Å². The lowest BCUT2D eigenvalue weighted by molar-refractivity contribution is -0.142. The quantitative estimate of drug-likeness (QED) is 0.296. The van der Waals surface area contributed by atoms with Crippen LogP contribution >= 0.6 is 0 Å². The Balaban J connectivity index is 1.25. The highest BCUT2D eigenvalue weighted by Crippen LogP contribution is 2.32. The van der Waals surface area contributed by atoms with Gasteiger partial charge in [-0.2, -0.15) is 0 Å². The van der Waals surface area contributed by atoms with Gasteiger partial charge in [0.05, 0.1) is 0 Å². The molecule has 1 aliphatic heterocycles. The lowest BCUT2D eigenvalue weighted by Crippen LogP contribution is -2.43. The Hall–Kier alpha value is -3.13. The Morgan fingerprint density at radius 3 is 2.73 bits per heavy atom. The van der Waals surface area contributed by atoms with Crippen LogP contribution in [0.15, 0.2) is 42.5 Å². The molecule has 1 aromatic heterocycles. The minimum atomic E-state index is -0.975. The molecule has 1 aromatic carbocycles. The summed E-state index contributed by atoms with van der Waals surface area (Å²) in [4.78, 5) is 31.0. The lowest BCUT2D eigenvalue weighted by atomic mass is 10.1. The van der Waals surface area contributed by atoms with Crippen LogP contribution in [0.5, 0.6) is 5.75 Å². The molecular weight excluding hydrogens is 468 g/mol. The SMILES string of the molecule is O=C(CC1CC1)NC(CCN(CCCCc1ccc2c(n1)NCCC2)CCOc1ccccc1)C(=O)O. The fraction of sp³-hybridized carbons (Fsp3) is 0.552. The summed E-state index contributed by atoms with van der Waals surface area (Å²) in [5.41, 5.74) is 2.41. The van der Waals surface area contributed by atoms with Gasteiger partial charge in [-0.3, -0.25) is 9.69 Å². The number of anilines is 1. The van der Waals surface area contributed by atoms with Gasteiger partial charge in [-0.25, -0.2) is 9.78 Å². The van der Waals surface area contributed by atoms with E-state index in [2.05, 4.69) is 27.7 Å². The van der Waals surface area contributed by atoms with Crippen LogP contribution in [0, 0.1) is 5.92 Å². The fourth-order valence-corrected chi connectivity index (χ4v) is 4.70. The summed E-state index contributed by atoms with van der Waals surface area (Å²) in [6, 6.07) is 13.2. The van der Waals surface area contributed by atoms with Gasteiger partial charge in [0.15, 0.2) is 0 Å². The number of amides is 1. The molecule has 8 nitrogen and oxygen atoms in total. The molecule has 1 fully saturated rings. The van der Waals surface area contributed by atoms with Crippen LogP contribution in [-0.4, -0.2) is 65.7 Å². The summed E-state index contributed by atoms with van der Waals surface area (Å²) in [5.74, 6) is 1.16. The molecule has 1 aliphatic carbocycles. The number of nitrogens with zero attached hydrogens (tertiary/aromatic N) is 2. The predicted octanol–water partition coefficient (Wildman–Crippen LogP) is 3.90. The number of aliphatic carboxylic acids is 1. The van der Waals surface area contributed by atoms with Crippen LogP contribution in [0.25, 0.3) is 0 Å². The predicted molar refractivity (Wildman–Crippen MR) is 144 cm³/mol. The summed E-state index contributed by atoms with van der Waals surface area (Å²) < 4.78 is 5.89. The molecule has 0 radical (unpaired) electrons. The van der Waals surface area contributed by atoms with E-state index in [9.17, 15) is 14.7 Å². The summed E-state index contributed by atoms with van der Waals surface area (Å²) in [5, 5.41) is 15.8. The van der Waals surface area contributed by atoms with Crippen molar-refractivity contribution in [1.82, 2.24) is 15.2 Å². The number of hydrogen-bond acceptors (Lipinski definition) is 6. The second kappa shape index (κ2) is 14.0. The first-order chi connectivity index (χ1) is 18.1. The number of unbranched alkanes of at least 4 members (excludes halogenated alkanes) is 1. The van der Waals surface area contributed by atoms with Gasteiger partial charge in [0.1, 0.15) is 24.2 Å². The fourth-order valence-electron chi connectivity index (χ4n) is 4.70. The number of ether oxygens (including phenoxy) is 1. The zero-order valence-corrected chi connectivity index (χ0v) is 21.7. The summed E-state index contributed by atoms with van der Waals surface area (Å²) in [6.45, 7) is 3.62. The molecule has 200 valence electrons. The van der Waals surface area contributed by atoms with Gasteiger partial charge < -0.3 is 20.5 Å². The average Bonchev–Trinajstić information content (AvgIpc) is 3.72. The van der Waals surface area contributed by atoms with Crippen molar-refractivity contribution in [1.29, 1.82) is 0 Å². The highest BCUT2D eigenvalue weighted by Gasteiger charge is 2.27. The molecule has 8 heteroatoms. The van der Waals surface area contributed by atoms with E-state index in [4.69, 9.17) is 9.72 Å². The van der Waals surface area contributed by atoms with E-state index in [1.165, 1.54) is 5.56 Å². The Bertz CT molecular complexity index is 1010. The number of para-hydroxylation sites is 1. The maximum absolute atomic E-state index is 12.2. The number of benzene rings is 1. The number of hydrogen-bond donors (Lipinski definition) is 3. The van der Waals surface area contributed by atoms with Crippen molar-refractivity contribution in [2.75, 3.05) is 38.1 Å². The second-order valence-corrected chi connectivity index (χ2v) is 10.2. The molecule has 2 aliphatic rings. The summed E-state index contributed by atoms with van der Waals surface area (Å²) in [7, 11) is 0. The van der Waals surface area contributed by atoms with Gasteiger partial charge in [0.2, 0.25) is 5.91 Å². The third-order valence-electron chi connectivity index (χ3n) is 7.07. The molecule has 0 saturated heterocycles. The molecular formula is C29H40N4O4. The molecule has 1 atom stereocenters. The number of carbonyl (C=O) groups is 2. The third kappa shape index (κ3) is 9.35. The van der Waals surface area contributed by atoms with Gasteiger partial charge in [-0.15, -0.1) is 0 Å². The first-order valence-corrected chi connectivity index (χ1v) is 13.7. The van der Waals surface area contributed by atoms with Gasteiger partial charge in [-0.1, -0.05) is 24.3 Å².